The van der Waals surface area contributed by atoms with Gasteiger partial charge in [-0.1, -0.05) is 6.92 Å². The third kappa shape index (κ3) is 4.27. The summed E-state index contributed by atoms with van der Waals surface area (Å²) in [5, 5.41) is 12.4. The predicted octanol–water partition coefficient (Wildman–Crippen LogP) is 2.72. The number of nitrogens with one attached hydrogen (secondary N) is 1. The van der Waals surface area contributed by atoms with Gasteiger partial charge in [-0.25, -0.2) is 0 Å². The van der Waals surface area contributed by atoms with Crippen molar-refractivity contribution in [2.75, 3.05) is 29.9 Å². The molecule has 0 aliphatic rings. The molecule has 1 aromatic carbocycles. The summed E-state index contributed by atoms with van der Waals surface area (Å²) >= 11 is 0. The average Bonchev–Trinajstić information content (AvgIpc) is 2.37. The average molecular weight is 236 g/mol. The molecular weight excluding hydrogens is 212 g/mol. The molecule has 0 spiro atoms. The number of anilines is 2. The molecule has 0 amide bonds. The summed E-state index contributed by atoms with van der Waals surface area (Å²) in [6.45, 7) is 8.25. The van der Waals surface area contributed by atoms with Crippen LogP contribution in [0.5, 0.6) is 0 Å². The van der Waals surface area contributed by atoms with Gasteiger partial charge in [0.2, 0.25) is 0 Å². The lowest BCUT2D eigenvalue weighted by Gasteiger charge is -2.22. The molecule has 0 radical (unpaired) electrons. The van der Waals surface area contributed by atoms with Crippen LogP contribution >= 0.6 is 0 Å². The molecule has 1 rings (SSSR count). The van der Waals surface area contributed by atoms with E-state index in [-0.39, 0.29) is 6.61 Å². The summed E-state index contributed by atoms with van der Waals surface area (Å²) in [5.74, 6) is 0. The van der Waals surface area contributed by atoms with E-state index >= 15 is 0 Å². The first kappa shape index (κ1) is 13.8. The number of benzene rings is 1. The van der Waals surface area contributed by atoms with E-state index in [1.165, 1.54) is 0 Å². The largest absolute Gasteiger partial charge is 0.395 e. The van der Waals surface area contributed by atoms with E-state index in [9.17, 15) is 0 Å². The van der Waals surface area contributed by atoms with Crippen molar-refractivity contribution < 1.29 is 5.11 Å². The molecule has 0 fully saturated rings. The van der Waals surface area contributed by atoms with E-state index in [4.69, 9.17) is 5.11 Å². The Morgan fingerprint density at radius 3 is 2.35 bits per heavy atom. The summed E-state index contributed by atoms with van der Waals surface area (Å²) in [5.41, 5.74) is 2.32. The first-order chi connectivity index (χ1) is 8.21. The van der Waals surface area contributed by atoms with Crippen LogP contribution in [0.3, 0.4) is 0 Å². The van der Waals surface area contributed by atoms with E-state index in [1.54, 1.807) is 0 Å². The number of hydrogen-bond donors (Lipinski definition) is 2. The van der Waals surface area contributed by atoms with Crippen LogP contribution in [0.25, 0.3) is 0 Å². The van der Waals surface area contributed by atoms with Crippen molar-refractivity contribution in [1.82, 2.24) is 0 Å². The van der Waals surface area contributed by atoms with Crippen LogP contribution in [-0.4, -0.2) is 30.8 Å². The Kier molecular flexibility index (Phi) is 5.84. The Morgan fingerprint density at radius 2 is 1.88 bits per heavy atom. The van der Waals surface area contributed by atoms with Gasteiger partial charge < -0.3 is 15.3 Å². The number of hydrogen-bond acceptors (Lipinski definition) is 3. The molecule has 3 nitrogen and oxygen atoms in total. The van der Waals surface area contributed by atoms with Crippen molar-refractivity contribution >= 4 is 11.4 Å². The van der Waals surface area contributed by atoms with Crippen molar-refractivity contribution in [2.24, 2.45) is 0 Å². The van der Waals surface area contributed by atoms with Gasteiger partial charge in [-0.05, 0) is 44.5 Å². The molecule has 0 heterocycles. The van der Waals surface area contributed by atoms with Crippen LogP contribution in [0.1, 0.15) is 27.2 Å². The zero-order chi connectivity index (χ0) is 12.7. The van der Waals surface area contributed by atoms with E-state index in [1.807, 2.05) is 0 Å². The maximum atomic E-state index is 8.98. The zero-order valence-electron chi connectivity index (χ0n) is 11.1. The second kappa shape index (κ2) is 7.17. The Hall–Kier alpha value is -1.22. The molecule has 1 aromatic rings. The Balaban J connectivity index is 2.66. The Bertz CT molecular complexity index is 311. The van der Waals surface area contributed by atoms with Gasteiger partial charge in [0.15, 0.2) is 0 Å². The van der Waals surface area contributed by atoms with Crippen LogP contribution in [0.4, 0.5) is 11.4 Å². The Labute approximate surface area is 104 Å². The molecule has 0 aliphatic carbocycles. The summed E-state index contributed by atoms with van der Waals surface area (Å²) in [6.07, 6.45) is 1.12. The SMILES string of the molecule is CCC(C)Nc1ccc(N(CC)CCO)cc1. The summed E-state index contributed by atoms with van der Waals surface area (Å²) < 4.78 is 0. The third-order valence-corrected chi connectivity index (χ3v) is 3.01. The van der Waals surface area contributed by atoms with Crippen LogP contribution in [0.2, 0.25) is 0 Å². The van der Waals surface area contributed by atoms with Gasteiger partial charge in [0.05, 0.1) is 6.61 Å². The van der Waals surface area contributed by atoms with E-state index in [0.29, 0.717) is 12.6 Å². The third-order valence-electron chi connectivity index (χ3n) is 3.01. The maximum absolute atomic E-state index is 8.98. The number of nitrogens with zero attached hydrogens (tertiary/aromatic N) is 1. The van der Waals surface area contributed by atoms with Crippen LogP contribution in [0.15, 0.2) is 24.3 Å². The number of likely N-dealkylation sites (N-methyl/N-ethyl adjacent to an activating group) is 1. The molecule has 0 saturated heterocycles. The van der Waals surface area contributed by atoms with Gasteiger partial charge in [0.25, 0.3) is 0 Å². The fraction of sp³-hybridized carbons (Fsp3) is 0.571. The highest BCUT2D eigenvalue weighted by atomic mass is 16.3. The zero-order valence-corrected chi connectivity index (χ0v) is 11.1. The normalized spacial score (nSPS) is 12.2. The number of aliphatic hydroxyl groups is 1. The minimum atomic E-state index is 0.195. The lowest BCUT2D eigenvalue weighted by molar-refractivity contribution is 0.302. The maximum Gasteiger partial charge on any atom is 0.0606 e. The minimum absolute atomic E-state index is 0.195. The minimum Gasteiger partial charge on any atom is -0.395 e. The molecule has 17 heavy (non-hydrogen) atoms. The lowest BCUT2D eigenvalue weighted by atomic mass is 10.2. The fourth-order valence-electron chi connectivity index (χ4n) is 1.75. The summed E-state index contributed by atoms with van der Waals surface area (Å²) in [7, 11) is 0. The lowest BCUT2D eigenvalue weighted by Crippen LogP contribution is -2.26. The molecule has 0 aliphatic heterocycles. The molecule has 96 valence electrons. The van der Waals surface area contributed by atoms with E-state index in [2.05, 4.69) is 55.3 Å². The van der Waals surface area contributed by atoms with E-state index < -0.39 is 0 Å². The van der Waals surface area contributed by atoms with Crippen molar-refractivity contribution in [2.45, 2.75) is 33.2 Å². The summed E-state index contributed by atoms with van der Waals surface area (Å²) in [4.78, 5) is 2.16. The van der Waals surface area contributed by atoms with Gasteiger partial charge in [0, 0.05) is 30.5 Å². The topological polar surface area (TPSA) is 35.5 Å². The first-order valence-corrected chi connectivity index (χ1v) is 6.43. The molecule has 0 saturated carbocycles. The number of rotatable bonds is 7. The van der Waals surface area contributed by atoms with Crippen molar-refractivity contribution in [3.05, 3.63) is 24.3 Å². The van der Waals surface area contributed by atoms with Crippen molar-refractivity contribution in [1.29, 1.82) is 0 Å². The summed E-state index contributed by atoms with van der Waals surface area (Å²) in [6, 6.07) is 8.90. The molecule has 2 N–H and O–H groups in total. The molecule has 0 aromatic heterocycles. The smallest absolute Gasteiger partial charge is 0.0606 e. The Morgan fingerprint density at radius 1 is 1.24 bits per heavy atom. The molecule has 3 heteroatoms. The number of aliphatic hydroxyl groups excluding tert-OH is 1. The highest BCUT2D eigenvalue weighted by Gasteiger charge is 2.04. The van der Waals surface area contributed by atoms with Crippen LogP contribution in [-0.2, 0) is 0 Å². The van der Waals surface area contributed by atoms with Gasteiger partial charge in [-0.15, -0.1) is 0 Å². The monoisotopic (exact) mass is 236 g/mol. The van der Waals surface area contributed by atoms with Crippen LogP contribution < -0.4 is 10.2 Å². The van der Waals surface area contributed by atoms with Gasteiger partial charge in [-0.2, -0.15) is 0 Å². The molecule has 1 atom stereocenters. The quantitative estimate of drug-likeness (QED) is 0.764. The molecule has 1 unspecified atom stereocenters. The van der Waals surface area contributed by atoms with Gasteiger partial charge >= 0.3 is 0 Å². The van der Waals surface area contributed by atoms with Crippen molar-refractivity contribution in [3.8, 4) is 0 Å². The van der Waals surface area contributed by atoms with Gasteiger partial charge in [0.1, 0.15) is 0 Å². The first-order valence-electron chi connectivity index (χ1n) is 6.43. The second-order valence-corrected chi connectivity index (χ2v) is 4.30. The predicted molar refractivity (Wildman–Crippen MR) is 74.8 cm³/mol. The second-order valence-electron chi connectivity index (χ2n) is 4.30. The highest BCUT2D eigenvalue weighted by molar-refractivity contribution is 5.55. The highest BCUT2D eigenvalue weighted by Crippen LogP contribution is 2.18. The fourth-order valence-corrected chi connectivity index (χ4v) is 1.75. The van der Waals surface area contributed by atoms with Gasteiger partial charge in [-0.3, -0.25) is 0 Å². The van der Waals surface area contributed by atoms with Crippen LogP contribution in [0, 0.1) is 0 Å². The van der Waals surface area contributed by atoms with Crippen molar-refractivity contribution in [3.63, 3.8) is 0 Å². The standard InChI is InChI=1S/C14H24N2O/c1-4-12(3)15-13-6-8-14(9-7-13)16(5-2)10-11-17/h6-9,12,15,17H,4-5,10-11H2,1-3H3. The van der Waals surface area contributed by atoms with E-state index in [0.717, 1.165) is 24.3 Å². The molecule has 0 bridgehead atoms. The molecular formula is C14H24N2O.